The lowest BCUT2D eigenvalue weighted by atomic mass is 9.77. The molecule has 0 saturated heterocycles. The van der Waals surface area contributed by atoms with Gasteiger partial charge >= 0.3 is 0 Å². The molecule has 0 aromatic heterocycles. The van der Waals surface area contributed by atoms with Crippen LogP contribution in [0.3, 0.4) is 0 Å². The molecule has 1 saturated carbocycles. The zero-order valence-corrected chi connectivity index (χ0v) is 15.8. The fourth-order valence-electron chi connectivity index (χ4n) is 5.16. The summed E-state index contributed by atoms with van der Waals surface area (Å²) in [5.41, 5.74) is 19.6. The van der Waals surface area contributed by atoms with Crippen LogP contribution in [-0.2, 0) is 0 Å². The Kier molecular flexibility index (Phi) is 5.42. The minimum atomic E-state index is 0.410. The first-order chi connectivity index (χ1) is 12.8. The van der Waals surface area contributed by atoms with Gasteiger partial charge in [0, 0.05) is 12.0 Å². The molecular formula is C24H32N2. The molecule has 2 nitrogen and oxygen atoms in total. The predicted molar refractivity (Wildman–Crippen MR) is 110 cm³/mol. The van der Waals surface area contributed by atoms with Crippen LogP contribution >= 0.6 is 0 Å². The van der Waals surface area contributed by atoms with Gasteiger partial charge in [0.15, 0.2) is 0 Å². The van der Waals surface area contributed by atoms with E-state index in [1.807, 2.05) is 0 Å². The lowest BCUT2D eigenvalue weighted by Crippen LogP contribution is -2.26. The van der Waals surface area contributed by atoms with Crippen molar-refractivity contribution in [2.45, 2.75) is 69.2 Å². The van der Waals surface area contributed by atoms with Crippen LogP contribution in [0.2, 0.25) is 0 Å². The number of rotatable bonds is 6. The third kappa shape index (κ3) is 3.33. The highest BCUT2D eigenvalue weighted by Crippen LogP contribution is 2.51. The Morgan fingerprint density at radius 1 is 0.769 bits per heavy atom. The predicted octanol–water partition coefficient (Wildman–Crippen LogP) is 5.30. The Hall–Kier alpha value is -1.64. The van der Waals surface area contributed by atoms with Gasteiger partial charge in [-0.2, -0.15) is 0 Å². The monoisotopic (exact) mass is 348 g/mol. The third-order valence-corrected chi connectivity index (χ3v) is 6.52. The van der Waals surface area contributed by atoms with Crippen molar-refractivity contribution in [1.29, 1.82) is 0 Å². The highest BCUT2D eigenvalue weighted by Gasteiger charge is 2.32. The standard InChI is InChI=1S/C24H32N2/c25-16-5-1-2-9-22-20-7-3-4-8-21(20)23-11-6-10-19(24(22)23)17-12-14-18(26)15-13-17/h3-4,6-8,10-11,17-18,22H,1-2,5,9,12-16,25-26H2. The maximum absolute atomic E-state index is 6.17. The molecule has 26 heavy (non-hydrogen) atoms. The van der Waals surface area contributed by atoms with Crippen LogP contribution in [-0.4, -0.2) is 12.6 Å². The quantitative estimate of drug-likeness (QED) is 0.696. The second-order valence-electron chi connectivity index (χ2n) is 8.20. The number of nitrogens with two attached hydrogens (primary N) is 2. The highest BCUT2D eigenvalue weighted by atomic mass is 14.6. The van der Waals surface area contributed by atoms with Crippen LogP contribution in [0.15, 0.2) is 42.5 Å². The van der Waals surface area contributed by atoms with Crippen molar-refractivity contribution in [3.8, 4) is 11.1 Å². The van der Waals surface area contributed by atoms with E-state index in [4.69, 9.17) is 11.5 Å². The van der Waals surface area contributed by atoms with Gasteiger partial charge in [-0.1, -0.05) is 55.3 Å². The lowest BCUT2D eigenvalue weighted by molar-refractivity contribution is 0.393. The first-order valence-electron chi connectivity index (χ1n) is 10.5. The number of hydrogen-bond acceptors (Lipinski definition) is 2. The summed E-state index contributed by atoms with van der Waals surface area (Å²) in [6.07, 6.45) is 9.72. The summed E-state index contributed by atoms with van der Waals surface area (Å²) in [6, 6.07) is 16.5. The molecule has 4 N–H and O–H groups in total. The average molecular weight is 349 g/mol. The summed E-state index contributed by atoms with van der Waals surface area (Å²) in [5.74, 6) is 1.25. The minimum absolute atomic E-state index is 0.410. The maximum atomic E-state index is 6.17. The van der Waals surface area contributed by atoms with Gasteiger partial charge in [-0.3, -0.25) is 0 Å². The van der Waals surface area contributed by atoms with Crippen LogP contribution in [0.5, 0.6) is 0 Å². The van der Waals surface area contributed by atoms with Gasteiger partial charge in [-0.25, -0.2) is 0 Å². The van der Waals surface area contributed by atoms with E-state index in [0.717, 1.165) is 13.0 Å². The summed E-state index contributed by atoms with van der Waals surface area (Å²) in [4.78, 5) is 0. The van der Waals surface area contributed by atoms with Crippen molar-refractivity contribution < 1.29 is 0 Å². The van der Waals surface area contributed by atoms with E-state index < -0.39 is 0 Å². The third-order valence-electron chi connectivity index (χ3n) is 6.52. The fourth-order valence-corrected chi connectivity index (χ4v) is 5.16. The smallest absolute Gasteiger partial charge is 0.0104 e. The van der Waals surface area contributed by atoms with E-state index in [9.17, 15) is 0 Å². The zero-order valence-electron chi connectivity index (χ0n) is 15.8. The largest absolute Gasteiger partial charge is 0.330 e. The van der Waals surface area contributed by atoms with Crippen molar-refractivity contribution in [2.75, 3.05) is 6.54 Å². The Labute approximate surface area is 158 Å². The molecule has 0 spiro atoms. The number of benzene rings is 2. The van der Waals surface area contributed by atoms with Crippen LogP contribution in [0.4, 0.5) is 0 Å². The van der Waals surface area contributed by atoms with E-state index in [1.54, 1.807) is 11.1 Å². The first-order valence-corrected chi connectivity index (χ1v) is 10.5. The van der Waals surface area contributed by atoms with Crippen molar-refractivity contribution in [1.82, 2.24) is 0 Å². The molecule has 1 unspecified atom stereocenters. The van der Waals surface area contributed by atoms with Gasteiger partial charge in [0.25, 0.3) is 0 Å². The summed E-state index contributed by atoms with van der Waals surface area (Å²) in [7, 11) is 0. The molecule has 0 aliphatic heterocycles. The molecule has 0 amide bonds. The van der Waals surface area contributed by atoms with Gasteiger partial charge in [0.2, 0.25) is 0 Å². The van der Waals surface area contributed by atoms with Crippen LogP contribution < -0.4 is 11.5 Å². The van der Waals surface area contributed by atoms with Crippen LogP contribution in [0.1, 0.15) is 79.9 Å². The summed E-state index contributed by atoms with van der Waals surface area (Å²) in [6.45, 7) is 0.811. The van der Waals surface area contributed by atoms with E-state index in [2.05, 4.69) is 42.5 Å². The topological polar surface area (TPSA) is 52.0 Å². The van der Waals surface area contributed by atoms with E-state index in [-0.39, 0.29) is 0 Å². The molecule has 0 heterocycles. The summed E-state index contributed by atoms with van der Waals surface area (Å²) >= 11 is 0. The second kappa shape index (κ2) is 7.94. The average Bonchev–Trinajstić information content (AvgIpc) is 3.00. The Morgan fingerprint density at radius 2 is 1.50 bits per heavy atom. The molecule has 138 valence electrons. The zero-order chi connectivity index (χ0) is 17.9. The highest BCUT2D eigenvalue weighted by molar-refractivity contribution is 5.80. The van der Waals surface area contributed by atoms with Crippen LogP contribution in [0, 0.1) is 0 Å². The number of hydrogen-bond donors (Lipinski definition) is 2. The molecule has 2 aliphatic carbocycles. The van der Waals surface area contributed by atoms with E-state index in [1.165, 1.54) is 61.6 Å². The van der Waals surface area contributed by atoms with E-state index >= 15 is 0 Å². The van der Waals surface area contributed by atoms with Crippen molar-refractivity contribution in [3.63, 3.8) is 0 Å². The lowest BCUT2D eigenvalue weighted by Gasteiger charge is -2.29. The van der Waals surface area contributed by atoms with Gasteiger partial charge in [-0.15, -0.1) is 0 Å². The molecule has 1 fully saturated rings. The molecule has 0 bridgehead atoms. The number of unbranched alkanes of at least 4 members (excludes halogenated alkanes) is 2. The SMILES string of the molecule is NCCCCCC1c2ccccc2-c2cccc(C3CCC(N)CC3)c21. The first kappa shape index (κ1) is 17.8. The molecule has 2 heteroatoms. The van der Waals surface area contributed by atoms with E-state index in [0.29, 0.717) is 17.9 Å². The molecule has 2 aromatic rings. The van der Waals surface area contributed by atoms with Crippen molar-refractivity contribution in [3.05, 3.63) is 59.2 Å². The molecule has 4 rings (SSSR count). The van der Waals surface area contributed by atoms with Gasteiger partial charge in [-0.05, 0) is 78.8 Å². The summed E-state index contributed by atoms with van der Waals surface area (Å²) in [5, 5.41) is 0. The molecule has 0 radical (unpaired) electrons. The molecule has 2 aliphatic rings. The van der Waals surface area contributed by atoms with Gasteiger partial charge in [0.05, 0.1) is 0 Å². The van der Waals surface area contributed by atoms with Crippen LogP contribution in [0.25, 0.3) is 11.1 Å². The molecule has 1 atom stereocenters. The number of fused-ring (bicyclic) bond motifs is 3. The minimum Gasteiger partial charge on any atom is -0.330 e. The normalized spacial score (nSPS) is 24.3. The second-order valence-corrected chi connectivity index (χ2v) is 8.20. The van der Waals surface area contributed by atoms with Gasteiger partial charge < -0.3 is 11.5 Å². The van der Waals surface area contributed by atoms with Crippen molar-refractivity contribution >= 4 is 0 Å². The maximum Gasteiger partial charge on any atom is 0.0104 e. The fraction of sp³-hybridized carbons (Fsp3) is 0.500. The van der Waals surface area contributed by atoms with Gasteiger partial charge in [0.1, 0.15) is 0 Å². The summed E-state index contributed by atoms with van der Waals surface area (Å²) < 4.78 is 0. The molecular weight excluding hydrogens is 316 g/mol. The Bertz CT molecular complexity index is 744. The van der Waals surface area contributed by atoms with Crippen molar-refractivity contribution in [2.24, 2.45) is 11.5 Å². The Balaban J connectivity index is 1.68. The Morgan fingerprint density at radius 3 is 2.31 bits per heavy atom. The molecule has 2 aromatic carbocycles.